The lowest BCUT2D eigenvalue weighted by atomic mass is 9.89. The van der Waals surface area contributed by atoms with Gasteiger partial charge in [-0.2, -0.15) is 0 Å². The Kier molecular flexibility index (Phi) is 5.07. The van der Waals surface area contributed by atoms with E-state index in [9.17, 15) is 0 Å². The number of ether oxygens (including phenoxy) is 1. The third-order valence-corrected chi connectivity index (χ3v) is 7.23. The van der Waals surface area contributed by atoms with Gasteiger partial charge in [-0.1, -0.05) is 72.8 Å². The molecule has 0 saturated carbocycles. The van der Waals surface area contributed by atoms with Crippen molar-refractivity contribution in [2.75, 3.05) is 0 Å². The Morgan fingerprint density at radius 3 is 1.20 bits per heavy atom. The molecular weight excluding hydrogens is 424 g/mol. The van der Waals surface area contributed by atoms with Crippen LogP contribution in [-0.2, 0) is 0 Å². The van der Waals surface area contributed by atoms with Crippen LogP contribution in [0.2, 0.25) is 0 Å². The first-order chi connectivity index (χ1) is 17.0. The first-order valence-corrected chi connectivity index (χ1v) is 12.2. The van der Waals surface area contributed by atoms with Gasteiger partial charge in [0.1, 0.15) is 11.5 Å². The molecule has 1 heteroatoms. The smallest absolute Gasteiger partial charge is 0.135 e. The van der Waals surface area contributed by atoms with Crippen LogP contribution < -0.4 is 4.74 Å². The van der Waals surface area contributed by atoms with Crippen LogP contribution >= 0.6 is 0 Å². The second-order valence-corrected chi connectivity index (χ2v) is 9.60. The maximum atomic E-state index is 6.59. The maximum absolute atomic E-state index is 6.59. The highest BCUT2D eigenvalue weighted by Gasteiger charge is 2.22. The molecule has 0 radical (unpaired) electrons. The third-order valence-electron chi connectivity index (χ3n) is 7.23. The summed E-state index contributed by atoms with van der Waals surface area (Å²) < 4.78 is 6.59. The Morgan fingerprint density at radius 1 is 0.400 bits per heavy atom. The molecule has 0 aliphatic carbocycles. The van der Waals surface area contributed by atoms with E-state index in [4.69, 9.17) is 4.74 Å². The number of fused-ring (bicyclic) bond motifs is 5. The zero-order chi connectivity index (χ0) is 24.1. The number of hydrogen-bond donors (Lipinski definition) is 0. The van der Waals surface area contributed by atoms with Gasteiger partial charge in [-0.15, -0.1) is 0 Å². The molecule has 0 aromatic heterocycles. The van der Waals surface area contributed by atoms with Crippen molar-refractivity contribution >= 4 is 0 Å². The minimum absolute atomic E-state index is 0.894. The summed E-state index contributed by atoms with van der Waals surface area (Å²) in [4.78, 5) is 0. The van der Waals surface area contributed by atoms with Crippen molar-refractivity contribution in [2.24, 2.45) is 0 Å². The molecule has 1 aliphatic rings. The fourth-order valence-corrected chi connectivity index (χ4v) is 5.58. The van der Waals surface area contributed by atoms with Crippen molar-refractivity contribution in [2.45, 2.75) is 27.7 Å². The monoisotopic (exact) mass is 452 g/mol. The van der Waals surface area contributed by atoms with Crippen molar-refractivity contribution in [1.29, 1.82) is 0 Å². The van der Waals surface area contributed by atoms with Crippen LogP contribution in [0.4, 0.5) is 0 Å². The van der Waals surface area contributed by atoms with E-state index in [-0.39, 0.29) is 0 Å². The van der Waals surface area contributed by atoms with E-state index in [1.165, 1.54) is 55.6 Å². The summed E-state index contributed by atoms with van der Waals surface area (Å²) in [7, 11) is 0. The van der Waals surface area contributed by atoms with E-state index in [1.54, 1.807) is 0 Å². The quantitative estimate of drug-likeness (QED) is 0.254. The Labute approximate surface area is 207 Å². The van der Waals surface area contributed by atoms with Crippen LogP contribution in [0.5, 0.6) is 11.5 Å². The highest BCUT2D eigenvalue weighted by Crippen LogP contribution is 2.49. The standard InChI is InChI=1S/C34H28O/c1-21-9-7-10-22(2)33(21)25-15-17-31-29(19-25)27-13-5-6-14-28(27)30-20-26(16-18-32(30)35-31)34-23(3)11-8-12-24(34)4/h5-20H,1-4H3. The summed E-state index contributed by atoms with van der Waals surface area (Å²) in [5.74, 6) is 1.79. The van der Waals surface area contributed by atoms with Gasteiger partial charge in [-0.05, 0) is 108 Å². The van der Waals surface area contributed by atoms with E-state index in [2.05, 4.69) is 125 Å². The lowest BCUT2D eigenvalue weighted by Crippen LogP contribution is -1.91. The van der Waals surface area contributed by atoms with Gasteiger partial charge in [0.15, 0.2) is 0 Å². The van der Waals surface area contributed by atoms with Crippen molar-refractivity contribution in [1.82, 2.24) is 0 Å². The molecule has 0 saturated heterocycles. The summed E-state index contributed by atoms with van der Waals surface area (Å²) in [5.41, 5.74) is 14.8. The van der Waals surface area contributed by atoms with Gasteiger partial charge < -0.3 is 4.74 Å². The topological polar surface area (TPSA) is 9.23 Å². The fraction of sp³-hybridized carbons (Fsp3) is 0.118. The normalized spacial score (nSPS) is 11.7. The van der Waals surface area contributed by atoms with Crippen LogP contribution in [0.1, 0.15) is 22.3 Å². The molecular formula is C34H28O. The first kappa shape index (κ1) is 21.4. The zero-order valence-electron chi connectivity index (χ0n) is 20.6. The lowest BCUT2D eigenvalue weighted by molar-refractivity contribution is 0.488. The number of hydrogen-bond acceptors (Lipinski definition) is 1. The van der Waals surface area contributed by atoms with Crippen LogP contribution in [-0.4, -0.2) is 0 Å². The third kappa shape index (κ3) is 3.56. The van der Waals surface area contributed by atoms with Gasteiger partial charge in [0.2, 0.25) is 0 Å². The van der Waals surface area contributed by atoms with Crippen molar-refractivity contribution < 1.29 is 4.74 Å². The Morgan fingerprint density at radius 2 is 0.800 bits per heavy atom. The molecule has 1 heterocycles. The van der Waals surface area contributed by atoms with Crippen molar-refractivity contribution in [3.8, 4) is 56.0 Å². The van der Waals surface area contributed by atoms with E-state index in [0.29, 0.717) is 0 Å². The van der Waals surface area contributed by atoms with E-state index in [0.717, 1.165) is 22.6 Å². The predicted molar refractivity (Wildman–Crippen MR) is 147 cm³/mol. The van der Waals surface area contributed by atoms with Gasteiger partial charge in [-0.25, -0.2) is 0 Å². The summed E-state index contributed by atoms with van der Waals surface area (Å²) in [5, 5.41) is 0. The van der Waals surface area contributed by atoms with Gasteiger partial charge >= 0.3 is 0 Å². The fourth-order valence-electron chi connectivity index (χ4n) is 5.58. The largest absolute Gasteiger partial charge is 0.456 e. The second kappa shape index (κ2) is 8.29. The molecule has 6 rings (SSSR count). The van der Waals surface area contributed by atoms with E-state index in [1.807, 2.05) is 0 Å². The molecule has 0 bridgehead atoms. The minimum atomic E-state index is 0.894. The van der Waals surface area contributed by atoms with Crippen molar-refractivity contribution in [3.05, 3.63) is 119 Å². The highest BCUT2D eigenvalue weighted by atomic mass is 16.5. The summed E-state index contributed by atoms with van der Waals surface area (Å²) in [6.45, 7) is 8.74. The predicted octanol–water partition coefficient (Wildman–Crippen LogP) is 9.69. The Hall–Kier alpha value is -4.10. The minimum Gasteiger partial charge on any atom is -0.456 e. The summed E-state index contributed by atoms with van der Waals surface area (Å²) >= 11 is 0. The Balaban J connectivity index is 1.57. The van der Waals surface area contributed by atoms with E-state index >= 15 is 0 Å². The Bertz CT molecular complexity index is 1450. The van der Waals surface area contributed by atoms with Gasteiger partial charge in [0.05, 0.1) is 0 Å². The number of rotatable bonds is 2. The molecule has 0 unspecified atom stereocenters. The number of aryl methyl sites for hydroxylation is 4. The molecule has 1 aliphatic heterocycles. The molecule has 0 amide bonds. The second-order valence-electron chi connectivity index (χ2n) is 9.60. The summed E-state index contributed by atoms with van der Waals surface area (Å²) in [6.07, 6.45) is 0. The van der Waals surface area contributed by atoms with Crippen LogP contribution in [0.15, 0.2) is 97.1 Å². The molecule has 0 atom stereocenters. The SMILES string of the molecule is Cc1cccc(C)c1-c1ccc2c(c1)-c1ccccc1-c1cc(-c3c(C)cccc3C)ccc1O2. The summed E-state index contributed by atoms with van der Waals surface area (Å²) in [6, 6.07) is 34.9. The molecule has 170 valence electrons. The zero-order valence-corrected chi connectivity index (χ0v) is 20.6. The van der Waals surface area contributed by atoms with Gasteiger partial charge in [0.25, 0.3) is 0 Å². The van der Waals surface area contributed by atoms with Gasteiger partial charge in [-0.3, -0.25) is 0 Å². The molecule has 0 spiro atoms. The van der Waals surface area contributed by atoms with Crippen LogP contribution in [0.25, 0.3) is 44.5 Å². The highest BCUT2D eigenvalue weighted by molar-refractivity contribution is 5.94. The molecule has 5 aromatic carbocycles. The van der Waals surface area contributed by atoms with Gasteiger partial charge in [0, 0.05) is 11.1 Å². The average molecular weight is 453 g/mol. The molecule has 5 aromatic rings. The van der Waals surface area contributed by atoms with Crippen LogP contribution in [0.3, 0.4) is 0 Å². The molecule has 1 nitrogen and oxygen atoms in total. The van der Waals surface area contributed by atoms with E-state index < -0.39 is 0 Å². The molecule has 0 fully saturated rings. The van der Waals surface area contributed by atoms with Crippen molar-refractivity contribution in [3.63, 3.8) is 0 Å². The maximum Gasteiger partial charge on any atom is 0.135 e. The number of benzene rings is 5. The molecule has 0 N–H and O–H groups in total. The van der Waals surface area contributed by atoms with Crippen LogP contribution in [0, 0.1) is 27.7 Å². The lowest BCUT2D eigenvalue weighted by Gasteiger charge is -2.15. The average Bonchev–Trinajstić information content (AvgIpc) is 2.98. The molecule has 35 heavy (non-hydrogen) atoms. The first-order valence-electron chi connectivity index (χ1n) is 12.2.